The van der Waals surface area contributed by atoms with Crippen LogP contribution in [0.3, 0.4) is 0 Å². The molecule has 7 atom stereocenters. The fraction of sp³-hybridized carbons (Fsp3) is 0.844. The zero-order chi connectivity index (χ0) is 30.3. The quantitative estimate of drug-likeness (QED) is 0.0734. The van der Waals surface area contributed by atoms with Crippen molar-refractivity contribution in [2.24, 2.45) is 0 Å². The lowest BCUT2D eigenvalue weighted by atomic mass is 9.99. The minimum absolute atomic E-state index is 0.200. The lowest BCUT2D eigenvalue weighted by Gasteiger charge is -2.40. The van der Waals surface area contributed by atoms with Gasteiger partial charge in [0.2, 0.25) is 5.91 Å². The van der Waals surface area contributed by atoms with Gasteiger partial charge in [0.15, 0.2) is 6.29 Å². The number of nitrogens with one attached hydrogen (secondary N) is 1. The summed E-state index contributed by atoms with van der Waals surface area (Å²) in [6.07, 6.45) is 17.0. The molecule has 9 heteroatoms. The van der Waals surface area contributed by atoms with Crippen LogP contribution in [0.4, 0.5) is 0 Å². The van der Waals surface area contributed by atoms with Gasteiger partial charge < -0.3 is 40.3 Å². The van der Waals surface area contributed by atoms with Crippen molar-refractivity contribution in [3.63, 3.8) is 0 Å². The summed E-state index contributed by atoms with van der Waals surface area (Å²) >= 11 is 0. The smallest absolute Gasteiger partial charge is 0.220 e. The van der Waals surface area contributed by atoms with Crippen LogP contribution in [0.15, 0.2) is 24.3 Å². The van der Waals surface area contributed by atoms with Crippen LogP contribution in [-0.2, 0) is 14.3 Å². The predicted molar refractivity (Wildman–Crippen MR) is 161 cm³/mol. The summed E-state index contributed by atoms with van der Waals surface area (Å²) in [6, 6.07) is -0.811. The molecule has 9 nitrogen and oxygen atoms in total. The SMILES string of the molecule is CCCCCCCCC/C=C/CC/C=C/C(O)C(COC1OC(CO)C(O)C(O)C1O)NC(=O)CCCCCCC. The Morgan fingerprint density at radius 3 is 2.05 bits per heavy atom. The lowest BCUT2D eigenvalue weighted by Crippen LogP contribution is -2.60. The monoisotopic (exact) mass is 585 g/mol. The highest BCUT2D eigenvalue weighted by Crippen LogP contribution is 2.22. The van der Waals surface area contributed by atoms with Crippen molar-refractivity contribution >= 4 is 5.91 Å². The van der Waals surface area contributed by atoms with Crippen LogP contribution < -0.4 is 5.32 Å². The van der Waals surface area contributed by atoms with Crippen LogP contribution in [0, 0.1) is 0 Å². The average Bonchev–Trinajstić information content (AvgIpc) is 2.97. The maximum atomic E-state index is 12.6. The van der Waals surface area contributed by atoms with Gasteiger partial charge in [-0.1, -0.05) is 102 Å². The van der Waals surface area contributed by atoms with E-state index in [1.807, 2.05) is 6.08 Å². The molecule has 0 aliphatic carbocycles. The number of hydrogen-bond acceptors (Lipinski definition) is 8. The molecule has 1 rings (SSSR count). The van der Waals surface area contributed by atoms with E-state index in [4.69, 9.17) is 9.47 Å². The molecule has 1 saturated heterocycles. The van der Waals surface area contributed by atoms with E-state index in [-0.39, 0.29) is 12.5 Å². The van der Waals surface area contributed by atoms with Crippen molar-refractivity contribution in [1.82, 2.24) is 5.32 Å². The topological polar surface area (TPSA) is 149 Å². The third-order valence-electron chi connectivity index (χ3n) is 7.53. The predicted octanol–water partition coefficient (Wildman–Crippen LogP) is 4.04. The van der Waals surface area contributed by atoms with Gasteiger partial charge in [-0.2, -0.15) is 0 Å². The number of unbranched alkanes of at least 4 members (excludes halogenated alkanes) is 12. The number of aliphatic hydroxyl groups excluding tert-OH is 5. The number of allylic oxidation sites excluding steroid dienone is 3. The van der Waals surface area contributed by atoms with Crippen molar-refractivity contribution in [1.29, 1.82) is 0 Å². The Balaban J connectivity index is 2.55. The van der Waals surface area contributed by atoms with Gasteiger partial charge in [-0.15, -0.1) is 0 Å². The largest absolute Gasteiger partial charge is 0.394 e. The van der Waals surface area contributed by atoms with Crippen molar-refractivity contribution < 1.29 is 39.8 Å². The van der Waals surface area contributed by atoms with Gasteiger partial charge in [0.25, 0.3) is 0 Å². The van der Waals surface area contributed by atoms with Gasteiger partial charge >= 0.3 is 0 Å². The molecule has 7 unspecified atom stereocenters. The summed E-state index contributed by atoms with van der Waals surface area (Å²) in [7, 11) is 0. The molecule has 240 valence electrons. The fourth-order valence-electron chi connectivity index (χ4n) is 4.81. The minimum atomic E-state index is -1.56. The first-order chi connectivity index (χ1) is 19.8. The molecule has 1 fully saturated rings. The van der Waals surface area contributed by atoms with Crippen molar-refractivity contribution in [2.75, 3.05) is 13.2 Å². The third kappa shape index (κ3) is 16.8. The Hall–Kier alpha value is -1.33. The van der Waals surface area contributed by atoms with Crippen molar-refractivity contribution in [2.45, 2.75) is 159 Å². The van der Waals surface area contributed by atoms with E-state index in [0.717, 1.165) is 51.4 Å². The van der Waals surface area contributed by atoms with Crippen molar-refractivity contribution in [3.8, 4) is 0 Å². The van der Waals surface area contributed by atoms with E-state index >= 15 is 0 Å². The molecule has 0 aromatic carbocycles. The van der Waals surface area contributed by atoms with E-state index in [0.29, 0.717) is 6.42 Å². The van der Waals surface area contributed by atoms with E-state index in [1.165, 1.54) is 44.9 Å². The normalized spacial score (nSPS) is 24.7. The van der Waals surface area contributed by atoms with Gasteiger partial charge in [0.05, 0.1) is 25.4 Å². The first-order valence-corrected chi connectivity index (χ1v) is 16.1. The summed E-state index contributed by atoms with van der Waals surface area (Å²) in [5.41, 5.74) is 0. The molecule has 1 aliphatic heterocycles. The van der Waals surface area contributed by atoms with Gasteiger partial charge in [0, 0.05) is 6.42 Å². The third-order valence-corrected chi connectivity index (χ3v) is 7.53. The van der Waals surface area contributed by atoms with Gasteiger partial charge in [-0.3, -0.25) is 4.79 Å². The molecular weight excluding hydrogens is 526 g/mol. The fourth-order valence-corrected chi connectivity index (χ4v) is 4.81. The summed E-state index contributed by atoms with van der Waals surface area (Å²) in [4.78, 5) is 12.6. The highest BCUT2D eigenvalue weighted by molar-refractivity contribution is 5.76. The number of hydrogen-bond donors (Lipinski definition) is 6. The van der Waals surface area contributed by atoms with E-state index in [9.17, 15) is 30.3 Å². The maximum absolute atomic E-state index is 12.6. The van der Waals surface area contributed by atoms with E-state index < -0.39 is 49.5 Å². The molecule has 1 heterocycles. The average molecular weight is 586 g/mol. The number of amides is 1. The number of ether oxygens (including phenoxy) is 2. The molecule has 0 bridgehead atoms. The van der Waals surface area contributed by atoms with Crippen LogP contribution in [0.5, 0.6) is 0 Å². The lowest BCUT2D eigenvalue weighted by molar-refractivity contribution is -0.302. The van der Waals surface area contributed by atoms with Crippen LogP contribution in [0.1, 0.15) is 117 Å². The second-order valence-electron chi connectivity index (χ2n) is 11.2. The Kier molecular flexibility index (Phi) is 22.2. The maximum Gasteiger partial charge on any atom is 0.220 e. The number of rotatable bonds is 24. The molecule has 0 saturated carbocycles. The number of carbonyl (C=O) groups is 1. The molecule has 41 heavy (non-hydrogen) atoms. The summed E-state index contributed by atoms with van der Waals surface area (Å²) in [5, 5.41) is 53.3. The zero-order valence-corrected chi connectivity index (χ0v) is 25.5. The Labute approximate surface area is 248 Å². The first-order valence-electron chi connectivity index (χ1n) is 16.1. The molecular formula is C32H59NO8. The Bertz CT molecular complexity index is 701. The van der Waals surface area contributed by atoms with Gasteiger partial charge in [0.1, 0.15) is 24.4 Å². The molecule has 1 aliphatic rings. The van der Waals surface area contributed by atoms with Crippen LogP contribution in [-0.4, -0.2) is 87.5 Å². The molecule has 0 aromatic heterocycles. The number of carbonyl (C=O) groups excluding carboxylic acids is 1. The zero-order valence-electron chi connectivity index (χ0n) is 25.5. The van der Waals surface area contributed by atoms with Crippen LogP contribution >= 0.6 is 0 Å². The highest BCUT2D eigenvalue weighted by atomic mass is 16.7. The minimum Gasteiger partial charge on any atom is -0.394 e. The van der Waals surface area contributed by atoms with Crippen molar-refractivity contribution in [3.05, 3.63) is 24.3 Å². The second kappa shape index (κ2) is 24.1. The molecule has 1 amide bonds. The molecule has 0 radical (unpaired) electrons. The standard InChI is InChI=1S/C32H59NO8/c1-3-5-7-9-10-11-12-13-14-15-16-18-19-21-26(35)25(33-28(36)22-20-17-8-6-4-2)24-40-32-31(39)30(38)29(37)27(23-34)41-32/h14-15,19,21,25-27,29-32,34-35,37-39H,3-13,16-18,20,22-24H2,1-2H3,(H,33,36)/b15-14+,21-19+. The van der Waals surface area contributed by atoms with Crippen LogP contribution in [0.2, 0.25) is 0 Å². The van der Waals surface area contributed by atoms with Gasteiger partial charge in [-0.05, 0) is 32.1 Å². The molecule has 0 spiro atoms. The molecule has 0 aromatic rings. The molecule has 6 N–H and O–H groups in total. The van der Waals surface area contributed by atoms with Crippen LogP contribution in [0.25, 0.3) is 0 Å². The Morgan fingerprint density at radius 1 is 0.805 bits per heavy atom. The van der Waals surface area contributed by atoms with Gasteiger partial charge in [-0.25, -0.2) is 0 Å². The highest BCUT2D eigenvalue weighted by Gasteiger charge is 2.44. The summed E-state index contributed by atoms with van der Waals surface area (Å²) in [6.45, 7) is 3.60. The first kappa shape index (κ1) is 37.7. The Morgan fingerprint density at radius 2 is 1.39 bits per heavy atom. The summed E-state index contributed by atoms with van der Waals surface area (Å²) < 4.78 is 11.0. The second-order valence-corrected chi connectivity index (χ2v) is 11.2. The van der Waals surface area contributed by atoms with E-state index in [1.54, 1.807) is 6.08 Å². The number of aliphatic hydroxyl groups is 5. The summed E-state index contributed by atoms with van der Waals surface area (Å²) in [5.74, 6) is -0.204. The van der Waals surface area contributed by atoms with E-state index in [2.05, 4.69) is 31.3 Å².